The Morgan fingerprint density at radius 3 is 2.36 bits per heavy atom. The first-order valence-electron chi connectivity index (χ1n) is 4.50. The number of Topliss-reactive ketones (excluding diaryl/α,β-unsaturated/α-hetero) is 1. The highest BCUT2D eigenvalue weighted by atomic mass is 16.1. The lowest BCUT2D eigenvalue weighted by molar-refractivity contribution is -0.121. The van der Waals surface area contributed by atoms with Gasteiger partial charge < -0.3 is 0 Å². The van der Waals surface area contributed by atoms with Gasteiger partial charge in [0.2, 0.25) is 0 Å². The van der Waals surface area contributed by atoms with Gasteiger partial charge in [-0.1, -0.05) is 6.92 Å². The SMILES string of the molecule is CCC(C(C)=O)N1CCCC1. The van der Waals surface area contributed by atoms with Crippen LogP contribution in [0.25, 0.3) is 0 Å². The van der Waals surface area contributed by atoms with E-state index in [0.29, 0.717) is 5.78 Å². The Hall–Kier alpha value is -0.370. The van der Waals surface area contributed by atoms with Gasteiger partial charge in [-0.25, -0.2) is 0 Å². The molecule has 0 radical (unpaired) electrons. The summed E-state index contributed by atoms with van der Waals surface area (Å²) in [5, 5.41) is 0. The molecule has 1 rings (SSSR count). The lowest BCUT2D eigenvalue weighted by atomic mass is 10.1. The summed E-state index contributed by atoms with van der Waals surface area (Å²) in [5.74, 6) is 0.328. The lowest BCUT2D eigenvalue weighted by Gasteiger charge is -2.23. The third kappa shape index (κ3) is 2.03. The normalized spacial score (nSPS) is 22.0. The van der Waals surface area contributed by atoms with Crippen LogP contribution in [0.5, 0.6) is 0 Å². The van der Waals surface area contributed by atoms with Gasteiger partial charge in [-0.15, -0.1) is 0 Å². The maximum atomic E-state index is 11.1. The molecule has 0 aromatic rings. The highest BCUT2D eigenvalue weighted by molar-refractivity contribution is 5.81. The number of ketones is 1. The van der Waals surface area contributed by atoms with Crippen molar-refractivity contribution in [2.45, 2.75) is 39.2 Å². The first-order valence-corrected chi connectivity index (χ1v) is 4.50. The summed E-state index contributed by atoms with van der Waals surface area (Å²) in [4.78, 5) is 13.4. The van der Waals surface area contributed by atoms with E-state index >= 15 is 0 Å². The van der Waals surface area contributed by atoms with Crippen molar-refractivity contribution in [1.82, 2.24) is 4.90 Å². The van der Waals surface area contributed by atoms with Crippen LogP contribution in [-0.2, 0) is 4.79 Å². The van der Waals surface area contributed by atoms with Gasteiger partial charge in [0.1, 0.15) is 5.78 Å². The maximum Gasteiger partial charge on any atom is 0.146 e. The zero-order chi connectivity index (χ0) is 8.27. The summed E-state index contributed by atoms with van der Waals surface area (Å²) in [6.45, 7) is 6.03. The Morgan fingerprint density at radius 2 is 2.00 bits per heavy atom. The minimum Gasteiger partial charge on any atom is -0.298 e. The van der Waals surface area contributed by atoms with Gasteiger partial charge in [0.15, 0.2) is 0 Å². The summed E-state index contributed by atoms with van der Waals surface area (Å²) in [6, 6.07) is 0.206. The molecule has 1 unspecified atom stereocenters. The number of likely N-dealkylation sites (tertiary alicyclic amines) is 1. The fourth-order valence-electron chi connectivity index (χ4n) is 1.86. The van der Waals surface area contributed by atoms with Crippen LogP contribution in [0, 0.1) is 0 Å². The molecule has 1 aliphatic heterocycles. The molecular weight excluding hydrogens is 138 g/mol. The van der Waals surface area contributed by atoms with Crippen LogP contribution in [0.4, 0.5) is 0 Å². The number of hydrogen-bond acceptors (Lipinski definition) is 2. The molecule has 1 saturated heterocycles. The topological polar surface area (TPSA) is 20.3 Å². The lowest BCUT2D eigenvalue weighted by Crippen LogP contribution is -2.37. The molecule has 1 fully saturated rings. The number of carbonyl (C=O) groups is 1. The van der Waals surface area contributed by atoms with E-state index in [1.807, 2.05) is 0 Å². The van der Waals surface area contributed by atoms with Crippen molar-refractivity contribution in [2.24, 2.45) is 0 Å². The zero-order valence-corrected chi connectivity index (χ0v) is 7.47. The number of nitrogens with zero attached hydrogens (tertiary/aromatic N) is 1. The highest BCUT2D eigenvalue weighted by Crippen LogP contribution is 2.14. The molecule has 1 atom stereocenters. The predicted molar refractivity (Wildman–Crippen MR) is 45.6 cm³/mol. The average Bonchev–Trinajstić information content (AvgIpc) is 2.40. The summed E-state index contributed by atoms with van der Waals surface area (Å²) < 4.78 is 0. The predicted octanol–water partition coefficient (Wildman–Crippen LogP) is 1.45. The van der Waals surface area contributed by atoms with E-state index in [1.165, 1.54) is 12.8 Å². The Balaban J connectivity index is 2.46. The van der Waals surface area contributed by atoms with Crippen molar-refractivity contribution in [1.29, 1.82) is 0 Å². The fourth-order valence-corrected chi connectivity index (χ4v) is 1.86. The molecule has 0 saturated carbocycles. The van der Waals surface area contributed by atoms with Crippen LogP contribution in [0.2, 0.25) is 0 Å². The smallest absolute Gasteiger partial charge is 0.146 e. The van der Waals surface area contributed by atoms with E-state index in [0.717, 1.165) is 19.5 Å². The average molecular weight is 155 g/mol. The number of carbonyl (C=O) groups excluding carboxylic acids is 1. The monoisotopic (exact) mass is 155 g/mol. The van der Waals surface area contributed by atoms with Crippen molar-refractivity contribution in [3.8, 4) is 0 Å². The first-order chi connectivity index (χ1) is 5.25. The molecule has 1 aliphatic rings. The van der Waals surface area contributed by atoms with Crippen LogP contribution in [-0.4, -0.2) is 29.8 Å². The second-order valence-electron chi connectivity index (χ2n) is 3.28. The van der Waals surface area contributed by atoms with Gasteiger partial charge >= 0.3 is 0 Å². The highest BCUT2D eigenvalue weighted by Gasteiger charge is 2.23. The van der Waals surface area contributed by atoms with Crippen LogP contribution >= 0.6 is 0 Å². The summed E-state index contributed by atoms with van der Waals surface area (Å²) >= 11 is 0. The molecule has 11 heavy (non-hydrogen) atoms. The quantitative estimate of drug-likeness (QED) is 0.615. The molecule has 0 N–H and O–H groups in total. The van der Waals surface area contributed by atoms with Crippen LogP contribution in [0.15, 0.2) is 0 Å². The second-order valence-corrected chi connectivity index (χ2v) is 3.28. The van der Waals surface area contributed by atoms with E-state index in [4.69, 9.17) is 0 Å². The molecule has 0 amide bonds. The fraction of sp³-hybridized carbons (Fsp3) is 0.889. The van der Waals surface area contributed by atoms with E-state index in [2.05, 4.69) is 11.8 Å². The van der Waals surface area contributed by atoms with Crippen LogP contribution in [0.1, 0.15) is 33.1 Å². The standard InChI is InChI=1S/C9H17NO/c1-3-9(8(2)11)10-6-4-5-7-10/h9H,3-7H2,1-2H3. The molecular formula is C9H17NO. The van der Waals surface area contributed by atoms with Crippen molar-refractivity contribution in [3.05, 3.63) is 0 Å². The molecule has 1 heterocycles. The molecule has 0 spiro atoms. The van der Waals surface area contributed by atoms with Gasteiger partial charge in [-0.3, -0.25) is 9.69 Å². The first kappa shape index (κ1) is 8.72. The Labute approximate surface area is 68.6 Å². The minimum absolute atomic E-state index is 0.206. The van der Waals surface area contributed by atoms with Crippen molar-refractivity contribution < 1.29 is 4.79 Å². The largest absolute Gasteiger partial charge is 0.298 e. The van der Waals surface area contributed by atoms with Gasteiger partial charge in [-0.05, 0) is 39.3 Å². The molecule has 0 aliphatic carbocycles. The zero-order valence-electron chi connectivity index (χ0n) is 7.47. The van der Waals surface area contributed by atoms with Crippen molar-refractivity contribution in [3.63, 3.8) is 0 Å². The van der Waals surface area contributed by atoms with Gasteiger partial charge in [0.05, 0.1) is 6.04 Å². The van der Waals surface area contributed by atoms with Crippen molar-refractivity contribution >= 4 is 5.78 Å². The minimum atomic E-state index is 0.206. The number of rotatable bonds is 3. The Morgan fingerprint density at radius 1 is 1.45 bits per heavy atom. The summed E-state index contributed by atoms with van der Waals surface area (Å²) in [7, 11) is 0. The van der Waals surface area contributed by atoms with Gasteiger partial charge in [-0.2, -0.15) is 0 Å². The molecule has 2 nitrogen and oxygen atoms in total. The molecule has 64 valence electrons. The van der Waals surface area contributed by atoms with Crippen LogP contribution < -0.4 is 0 Å². The Kier molecular flexibility index (Phi) is 3.06. The maximum absolute atomic E-state index is 11.1. The molecule has 2 heteroatoms. The van der Waals surface area contributed by atoms with Crippen LogP contribution in [0.3, 0.4) is 0 Å². The third-order valence-corrected chi connectivity index (χ3v) is 2.44. The summed E-state index contributed by atoms with van der Waals surface area (Å²) in [5.41, 5.74) is 0. The van der Waals surface area contributed by atoms with E-state index in [9.17, 15) is 4.79 Å². The molecule has 0 aromatic heterocycles. The molecule has 0 bridgehead atoms. The summed E-state index contributed by atoms with van der Waals surface area (Å²) in [6.07, 6.45) is 3.50. The van der Waals surface area contributed by atoms with Gasteiger partial charge in [0.25, 0.3) is 0 Å². The van der Waals surface area contributed by atoms with Gasteiger partial charge in [0, 0.05) is 0 Å². The van der Waals surface area contributed by atoms with E-state index in [1.54, 1.807) is 6.92 Å². The second kappa shape index (κ2) is 3.86. The van der Waals surface area contributed by atoms with Crippen molar-refractivity contribution in [2.75, 3.05) is 13.1 Å². The Bertz CT molecular complexity index is 138. The third-order valence-electron chi connectivity index (χ3n) is 2.44. The van der Waals surface area contributed by atoms with E-state index in [-0.39, 0.29) is 6.04 Å². The number of hydrogen-bond donors (Lipinski definition) is 0. The molecule has 0 aromatic carbocycles. The van der Waals surface area contributed by atoms with E-state index < -0.39 is 0 Å².